The fourth-order valence-electron chi connectivity index (χ4n) is 2.20. The lowest BCUT2D eigenvalue weighted by molar-refractivity contribution is -0.120. The number of carbonyl (C=O) groups excluding carboxylic acids is 2. The van der Waals surface area contributed by atoms with Crippen LogP contribution in [0.4, 0.5) is 11.4 Å². The predicted octanol–water partition coefficient (Wildman–Crippen LogP) is 4.44. The van der Waals surface area contributed by atoms with Crippen molar-refractivity contribution in [3.05, 3.63) is 52.5 Å². The third-order valence-corrected chi connectivity index (χ3v) is 5.21. The molecule has 0 spiro atoms. The SMILES string of the molecule is O=C(CC1Sc2ccccc2NC1=O)Nc1c(Cl)cccc1Cl. The first-order valence-electron chi connectivity index (χ1n) is 6.85. The van der Waals surface area contributed by atoms with Gasteiger partial charge in [-0.15, -0.1) is 11.8 Å². The van der Waals surface area contributed by atoms with Crippen LogP contribution in [-0.2, 0) is 9.59 Å². The Balaban J connectivity index is 1.70. The minimum Gasteiger partial charge on any atom is -0.324 e. The Labute approximate surface area is 147 Å². The number of hydrogen-bond acceptors (Lipinski definition) is 3. The fourth-order valence-corrected chi connectivity index (χ4v) is 3.81. The van der Waals surface area contributed by atoms with E-state index >= 15 is 0 Å². The van der Waals surface area contributed by atoms with E-state index in [4.69, 9.17) is 23.2 Å². The van der Waals surface area contributed by atoms with Crippen molar-refractivity contribution in [3.63, 3.8) is 0 Å². The van der Waals surface area contributed by atoms with E-state index in [9.17, 15) is 9.59 Å². The second kappa shape index (κ2) is 6.83. The maximum Gasteiger partial charge on any atom is 0.238 e. The Hall–Kier alpha value is -1.69. The minimum atomic E-state index is -0.494. The Morgan fingerprint density at radius 1 is 1.13 bits per heavy atom. The standard InChI is InChI=1S/C16H12Cl2N2O2S/c17-9-4-3-5-10(18)15(9)20-14(21)8-13-16(22)19-11-6-1-2-7-12(11)23-13/h1-7,13H,8H2,(H,19,22)(H,20,21). The summed E-state index contributed by atoms with van der Waals surface area (Å²) in [5.74, 6) is -0.499. The zero-order chi connectivity index (χ0) is 16.4. The van der Waals surface area contributed by atoms with E-state index in [1.807, 2.05) is 24.3 Å². The molecular formula is C16H12Cl2N2O2S. The summed E-state index contributed by atoms with van der Waals surface area (Å²) in [6.07, 6.45) is 0.0341. The average molecular weight is 367 g/mol. The van der Waals surface area contributed by atoms with E-state index in [1.165, 1.54) is 11.8 Å². The van der Waals surface area contributed by atoms with Gasteiger partial charge in [-0.1, -0.05) is 41.4 Å². The van der Waals surface area contributed by atoms with Crippen molar-refractivity contribution in [1.82, 2.24) is 0 Å². The van der Waals surface area contributed by atoms with Crippen molar-refractivity contribution >= 4 is 58.2 Å². The zero-order valence-electron chi connectivity index (χ0n) is 11.8. The van der Waals surface area contributed by atoms with Gasteiger partial charge in [-0.25, -0.2) is 0 Å². The predicted molar refractivity (Wildman–Crippen MR) is 94.4 cm³/mol. The van der Waals surface area contributed by atoms with Crippen molar-refractivity contribution in [3.8, 4) is 0 Å². The van der Waals surface area contributed by atoms with Crippen LogP contribution in [0.15, 0.2) is 47.4 Å². The van der Waals surface area contributed by atoms with Gasteiger partial charge in [-0.05, 0) is 24.3 Å². The van der Waals surface area contributed by atoms with Gasteiger partial charge in [-0.3, -0.25) is 9.59 Å². The van der Waals surface area contributed by atoms with Crippen LogP contribution in [-0.4, -0.2) is 17.1 Å². The summed E-state index contributed by atoms with van der Waals surface area (Å²) in [6.45, 7) is 0. The van der Waals surface area contributed by atoms with Gasteiger partial charge in [0.25, 0.3) is 0 Å². The maximum atomic E-state index is 12.2. The molecule has 3 rings (SSSR count). The smallest absolute Gasteiger partial charge is 0.238 e. The van der Waals surface area contributed by atoms with Crippen molar-refractivity contribution < 1.29 is 9.59 Å². The molecule has 0 aromatic heterocycles. The van der Waals surface area contributed by atoms with Gasteiger partial charge in [0.2, 0.25) is 11.8 Å². The van der Waals surface area contributed by atoms with Crippen LogP contribution in [0.3, 0.4) is 0 Å². The van der Waals surface area contributed by atoms with Crippen LogP contribution >= 0.6 is 35.0 Å². The third-order valence-electron chi connectivity index (χ3n) is 3.30. The Morgan fingerprint density at radius 3 is 2.57 bits per heavy atom. The monoisotopic (exact) mass is 366 g/mol. The van der Waals surface area contributed by atoms with Crippen LogP contribution in [0.25, 0.3) is 0 Å². The van der Waals surface area contributed by atoms with Gasteiger partial charge < -0.3 is 10.6 Å². The molecule has 118 valence electrons. The summed E-state index contributed by atoms with van der Waals surface area (Å²) in [4.78, 5) is 25.3. The molecular weight excluding hydrogens is 355 g/mol. The van der Waals surface area contributed by atoms with Gasteiger partial charge in [0.1, 0.15) is 0 Å². The molecule has 2 amide bonds. The number of carbonyl (C=O) groups is 2. The number of rotatable bonds is 3. The molecule has 2 N–H and O–H groups in total. The van der Waals surface area contributed by atoms with Crippen LogP contribution in [0.1, 0.15) is 6.42 Å². The number of amides is 2. The van der Waals surface area contributed by atoms with Crippen LogP contribution in [0.2, 0.25) is 10.0 Å². The Kier molecular flexibility index (Phi) is 4.80. The highest BCUT2D eigenvalue weighted by Gasteiger charge is 2.29. The van der Waals surface area contributed by atoms with Gasteiger partial charge in [0.15, 0.2) is 0 Å². The molecule has 2 aromatic carbocycles. The van der Waals surface area contributed by atoms with Gasteiger partial charge >= 0.3 is 0 Å². The van der Waals surface area contributed by atoms with E-state index < -0.39 is 5.25 Å². The van der Waals surface area contributed by atoms with E-state index in [0.29, 0.717) is 15.7 Å². The molecule has 4 nitrogen and oxygen atoms in total. The largest absolute Gasteiger partial charge is 0.324 e. The highest BCUT2D eigenvalue weighted by Crippen LogP contribution is 2.37. The van der Waals surface area contributed by atoms with E-state index in [1.54, 1.807) is 18.2 Å². The molecule has 7 heteroatoms. The number of para-hydroxylation sites is 2. The number of thioether (sulfide) groups is 1. The maximum absolute atomic E-state index is 12.2. The number of halogens is 2. The summed E-state index contributed by atoms with van der Waals surface area (Å²) in [5.41, 5.74) is 1.13. The normalized spacial score (nSPS) is 16.4. The van der Waals surface area contributed by atoms with Gasteiger partial charge in [0, 0.05) is 11.3 Å². The quantitative estimate of drug-likeness (QED) is 0.844. The van der Waals surface area contributed by atoms with Crippen molar-refractivity contribution in [2.75, 3.05) is 10.6 Å². The van der Waals surface area contributed by atoms with Gasteiger partial charge in [-0.2, -0.15) is 0 Å². The van der Waals surface area contributed by atoms with E-state index in [-0.39, 0.29) is 18.2 Å². The second-order valence-electron chi connectivity index (χ2n) is 4.94. The highest BCUT2D eigenvalue weighted by molar-refractivity contribution is 8.01. The lowest BCUT2D eigenvalue weighted by Gasteiger charge is -2.23. The first-order chi connectivity index (χ1) is 11.0. The molecule has 0 saturated carbocycles. The molecule has 0 bridgehead atoms. The molecule has 0 radical (unpaired) electrons. The van der Waals surface area contributed by atoms with E-state index in [0.717, 1.165) is 10.6 Å². The lowest BCUT2D eigenvalue weighted by Crippen LogP contribution is -2.32. The molecule has 1 atom stereocenters. The third kappa shape index (κ3) is 3.63. The number of hydrogen-bond donors (Lipinski definition) is 2. The summed E-state index contributed by atoms with van der Waals surface area (Å²) >= 11 is 13.4. The summed E-state index contributed by atoms with van der Waals surface area (Å²) in [5, 5.41) is 5.71. The van der Waals surface area contributed by atoms with Crippen molar-refractivity contribution in [2.24, 2.45) is 0 Å². The molecule has 1 aliphatic heterocycles. The minimum absolute atomic E-state index is 0.0341. The topological polar surface area (TPSA) is 58.2 Å². The van der Waals surface area contributed by atoms with Crippen LogP contribution < -0.4 is 10.6 Å². The molecule has 1 aliphatic rings. The fraction of sp³-hybridized carbons (Fsp3) is 0.125. The number of fused-ring (bicyclic) bond motifs is 1. The van der Waals surface area contributed by atoms with Crippen LogP contribution in [0, 0.1) is 0 Å². The second-order valence-corrected chi connectivity index (χ2v) is 7.00. The molecule has 1 unspecified atom stereocenters. The molecule has 23 heavy (non-hydrogen) atoms. The molecule has 0 saturated heterocycles. The number of nitrogens with one attached hydrogen (secondary N) is 2. The molecule has 0 fully saturated rings. The van der Waals surface area contributed by atoms with E-state index in [2.05, 4.69) is 10.6 Å². The Bertz CT molecular complexity index is 762. The summed E-state index contributed by atoms with van der Waals surface area (Å²) < 4.78 is 0. The van der Waals surface area contributed by atoms with Crippen molar-refractivity contribution in [1.29, 1.82) is 0 Å². The number of benzene rings is 2. The molecule has 0 aliphatic carbocycles. The lowest BCUT2D eigenvalue weighted by atomic mass is 10.2. The summed E-state index contributed by atoms with van der Waals surface area (Å²) in [7, 11) is 0. The zero-order valence-corrected chi connectivity index (χ0v) is 14.1. The Morgan fingerprint density at radius 2 is 1.83 bits per heavy atom. The number of anilines is 2. The summed E-state index contributed by atoms with van der Waals surface area (Å²) in [6, 6.07) is 12.5. The first kappa shape index (κ1) is 16.2. The highest BCUT2D eigenvalue weighted by atomic mass is 35.5. The van der Waals surface area contributed by atoms with Gasteiger partial charge in [0.05, 0.1) is 26.7 Å². The average Bonchev–Trinajstić information content (AvgIpc) is 2.52. The first-order valence-corrected chi connectivity index (χ1v) is 8.48. The van der Waals surface area contributed by atoms with Crippen LogP contribution in [0.5, 0.6) is 0 Å². The molecule has 2 aromatic rings. The molecule has 1 heterocycles. The van der Waals surface area contributed by atoms with Crippen molar-refractivity contribution in [2.45, 2.75) is 16.6 Å².